The lowest BCUT2D eigenvalue weighted by molar-refractivity contribution is 0.0696. The first-order valence-electron chi connectivity index (χ1n) is 5.47. The Bertz CT molecular complexity index is 400. The molecule has 0 spiro atoms. The molecule has 0 bridgehead atoms. The molecule has 0 aliphatic carbocycles. The van der Waals surface area contributed by atoms with Gasteiger partial charge in [-0.25, -0.2) is 4.79 Å². The molecular weight excluding hydrogens is 270 g/mol. The molecule has 1 aromatic rings. The lowest BCUT2D eigenvalue weighted by Crippen LogP contribution is -2.30. The first-order valence-corrected chi connectivity index (χ1v) is 6.26. The minimum Gasteiger partial charge on any atom is -0.478 e. The zero-order valence-corrected chi connectivity index (χ0v) is 10.5. The molecule has 4 heteroatoms. The highest BCUT2D eigenvalue weighted by atomic mass is 79.9. The zero-order valence-electron chi connectivity index (χ0n) is 8.95. The molecule has 1 fully saturated rings. The van der Waals surface area contributed by atoms with Gasteiger partial charge in [-0.3, -0.25) is 0 Å². The Labute approximate surface area is 103 Å². The third kappa shape index (κ3) is 2.21. The van der Waals surface area contributed by atoms with Crippen LogP contribution in [0.15, 0.2) is 22.7 Å². The summed E-state index contributed by atoms with van der Waals surface area (Å²) in [5, 5.41) is 9.22. The summed E-state index contributed by atoms with van der Waals surface area (Å²) >= 11 is 3.31. The van der Waals surface area contributed by atoms with E-state index in [1.54, 1.807) is 6.07 Å². The zero-order chi connectivity index (χ0) is 11.5. The number of aromatic carboxylic acids is 1. The summed E-state index contributed by atoms with van der Waals surface area (Å²) in [6.07, 6.45) is 3.53. The Hall–Kier alpha value is -1.03. The molecule has 1 aliphatic rings. The van der Waals surface area contributed by atoms with Crippen LogP contribution in [0.2, 0.25) is 0 Å². The number of nitrogens with zero attached hydrogens (tertiary/aromatic N) is 1. The monoisotopic (exact) mass is 283 g/mol. The molecular formula is C12H14BrNO2. The van der Waals surface area contributed by atoms with Crippen LogP contribution in [0.3, 0.4) is 0 Å². The molecule has 86 valence electrons. The van der Waals surface area contributed by atoms with Crippen molar-refractivity contribution in [2.45, 2.75) is 19.3 Å². The lowest BCUT2D eigenvalue weighted by Gasteiger charge is -2.30. The molecule has 0 atom stereocenters. The Balaban J connectivity index is 2.38. The fourth-order valence-electron chi connectivity index (χ4n) is 2.12. The first kappa shape index (κ1) is 11.5. The Kier molecular flexibility index (Phi) is 3.49. The van der Waals surface area contributed by atoms with Gasteiger partial charge in [0.1, 0.15) is 0 Å². The van der Waals surface area contributed by atoms with Crippen LogP contribution < -0.4 is 4.90 Å². The number of carbonyl (C=O) groups is 1. The van der Waals surface area contributed by atoms with Gasteiger partial charge >= 0.3 is 5.97 Å². The van der Waals surface area contributed by atoms with Crippen molar-refractivity contribution in [2.75, 3.05) is 18.0 Å². The second kappa shape index (κ2) is 4.87. The number of hydrogen-bond donors (Lipinski definition) is 1. The summed E-state index contributed by atoms with van der Waals surface area (Å²) in [6, 6.07) is 5.55. The average Bonchev–Trinajstić information content (AvgIpc) is 2.29. The number of piperidine rings is 1. The van der Waals surface area contributed by atoms with E-state index in [0.29, 0.717) is 10.0 Å². The number of anilines is 1. The molecule has 1 heterocycles. The summed E-state index contributed by atoms with van der Waals surface area (Å²) in [5.41, 5.74) is 1.21. The predicted molar refractivity (Wildman–Crippen MR) is 67.2 cm³/mol. The quantitative estimate of drug-likeness (QED) is 0.907. The normalized spacial score (nSPS) is 16.2. The summed E-state index contributed by atoms with van der Waals surface area (Å²) in [4.78, 5) is 13.4. The maximum atomic E-state index is 11.2. The molecule has 16 heavy (non-hydrogen) atoms. The number of rotatable bonds is 2. The van der Waals surface area contributed by atoms with Gasteiger partial charge < -0.3 is 10.0 Å². The number of halogens is 1. The standard InChI is InChI=1S/C12H14BrNO2/c13-9-5-4-6-10(11(9)12(15)16)14-7-2-1-3-8-14/h4-6H,1-3,7-8H2,(H,15,16). The largest absolute Gasteiger partial charge is 0.478 e. The van der Waals surface area contributed by atoms with Crippen LogP contribution >= 0.6 is 15.9 Å². The molecule has 3 nitrogen and oxygen atoms in total. The third-order valence-corrected chi connectivity index (χ3v) is 3.56. The highest BCUT2D eigenvalue weighted by Gasteiger charge is 2.19. The lowest BCUT2D eigenvalue weighted by atomic mass is 10.1. The SMILES string of the molecule is O=C(O)c1c(Br)cccc1N1CCCCC1. The van der Waals surface area contributed by atoms with Crippen molar-refractivity contribution in [2.24, 2.45) is 0 Å². The van der Waals surface area contributed by atoms with Crippen molar-refractivity contribution in [3.05, 3.63) is 28.2 Å². The van der Waals surface area contributed by atoms with Crippen molar-refractivity contribution < 1.29 is 9.90 Å². The molecule has 1 N–H and O–H groups in total. The van der Waals surface area contributed by atoms with Crippen molar-refractivity contribution in [3.63, 3.8) is 0 Å². The maximum absolute atomic E-state index is 11.2. The first-order chi connectivity index (χ1) is 7.70. The third-order valence-electron chi connectivity index (χ3n) is 2.90. The van der Waals surface area contributed by atoms with Gasteiger partial charge in [-0.2, -0.15) is 0 Å². The molecule has 1 aliphatic heterocycles. The van der Waals surface area contributed by atoms with Crippen LogP contribution in [0, 0.1) is 0 Å². The van der Waals surface area contributed by atoms with E-state index in [9.17, 15) is 9.90 Å². The molecule has 2 rings (SSSR count). The number of hydrogen-bond acceptors (Lipinski definition) is 2. The number of carboxylic acid groups (broad SMARTS) is 1. The van der Waals surface area contributed by atoms with Gasteiger partial charge in [0.05, 0.1) is 11.3 Å². The Morgan fingerprint density at radius 3 is 2.56 bits per heavy atom. The van der Waals surface area contributed by atoms with Gasteiger partial charge in [0.25, 0.3) is 0 Å². The van der Waals surface area contributed by atoms with E-state index < -0.39 is 5.97 Å². The second-order valence-electron chi connectivity index (χ2n) is 3.99. The van der Waals surface area contributed by atoms with Crippen LogP contribution in [0.25, 0.3) is 0 Å². The van der Waals surface area contributed by atoms with E-state index in [2.05, 4.69) is 20.8 Å². The van der Waals surface area contributed by atoms with Crippen LogP contribution in [0.5, 0.6) is 0 Å². The van der Waals surface area contributed by atoms with Crippen LogP contribution in [0.1, 0.15) is 29.6 Å². The van der Waals surface area contributed by atoms with Crippen molar-refractivity contribution in [1.82, 2.24) is 0 Å². The predicted octanol–water partition coefficient (Wildman–Crippen LogP) is 3.14. The second-order valence-corrected chi connectivity index (χ2v) is 4.84. The Morgan fingerprint density at radius 1 is 1.25 bits per heavy atom. The van der Waals surface area contributed by atoms with Gasteiger partial charge in [0.15, 0.2) is 0 Å². The van der Waals surface area contributed by atoms with Crippen molar-refractivity contribution in [1.29, 1.82) is 0 Å². The van der Waals surface area contributed by atoms with Crippen LogP contribution in [-0.2, 0) is 0 Å². The van der Waals surface area contributed by atoms with Crippen LogP contribution in [0.4, 0.5) is 5.69 Å². The molecule has 0 radical (unpaired) electrons. The Morgan fingerprint density at radius 2 is 1.94 bits per heavy atom. The van der Waals surface area contributed by atoms with Crippen LogP contribution in [-0.4, -0.2) is 24.2 Å². The highest BCUT2D eigenvalue weighted by molar-refractivity contribution is 9.10. The van der Waals surface area contributed by atoms with Crippen molar-refractivity contribution in [3.8, 4) is 0 Å². The fraction of sp³-hybridized carbons (Fsp3) is 0.417. The van der Waals surface area contributed by atoms with E-state index >= 15 is 0 Å². The molecule has 1 saturated heterocycles. The van der Waals surface area contributed by atoms with Gasteiger partial charge in [-0.1, -0.05) is 6.07 Å². The minimum atomic E-state index is -0.868. The van der Waals surface area contributed by atoms with Gasteiger partial charge in [-0.15, -0.1) is 0 Å². The summed E-state index contributed by atoms with van der Waals surface area (Å²) < 4.78 is 0.656. The van der Waals surface area contributed by atoms with Crippen molar-refractivity contribution >= 4 is 27.6 Å². The number of carboxylic acids is 1. The summed E-state index contributed by atoms with van der Waals surface area (Å²) in [7, 11) is 0. The van der Waals surface area contributed by atoms with Gasteiger partial charge in [0, 0.05) is 17.6 Å². The molecule has 0 saturated carbocycles. The average molecular weight is 284 g/mol. The smallest absolute Gasteiger partial charge is 0.338 e. The summed E-state index contributed by atoms with van der Waals surface area (Å²) in [5.74, 6) is -0.868. The molecule has 1 aromatic carbocycles. The molecule has 0 aromatic heterocycles. The number of benzene rings is 1. The van der Waals surface area contributed by atoms with E-state index in [4.69, 9.17) is 0 Å². The topological polar surface area (TPSA) is 40.5 Å². The van der Waals surface area contributed by atoms with E-state index in [-0.39, 0.29) is 0 Å². The van der Waals surface area contributed by atoms with E-state index in [1.807, 2.05) is 12.1 Å². The summed E-state index contributed by atoms with van der Waals surface area (Å²) in [6.45, 7) is 1.91. The van der Waals surface area contributed by atoms with Gasteiger partial charge in [-0.05, 0) is 47.3 Å². The molecule has 0 amide bonds. The fourth-order valence-corrected chi connectivity index (χ4v) is 2.65. The van der Waals surface area contributed by atoms with E-state index in [0.717, 1.165) is 31.6 Å². The minimum absolute atomic E-state index is 0.379. The van der Waals surface area contributed by atoms with E-state index in [1.165, 1.54) is 6.42 Å². The highest BCUT2D eigenvalue weighted by Crippen LogP contribution is 2.29. The molecule has 0 unspecified atom stereocenters. The maximum Gasteiger partial charge on any atom is 0.338 e. The van der Waals surface area contributed by atoms with Gasteiger partial charge in [0.2, 0.25) is 0 Å².